The molecule has 1 unspecified atom stereocenters. The average molecular weight is 407 g/mol. The van der Waals surface area contributed by atoms with E-state index >= 15 is 0 Å². The van der Waals surface area contributed by atoms with E-state index in [1.165, 1.54) is 37.0 Å². The summed E-state index contributed by atoms with van der Waals surface area (Å²) in [6.07, 6.45) is 10.3. The summed E-state index contributed by atoms with van der Waals surface area (Å²) in [5.41, 5.74) is 0. The lowest BCUT2D eigenvalue weighted by atomic mass is 9.86. The largest absolute Gasteiger partial charge is 0.352 e. The van der Waals surface area contributed by atoms with E-state index in [0.29, 0.717) is 38.6 Å². The van der Waals surface area contributed by atoms with Crippen molar-refractivity contribution in [3.8, 4) is 0 Å². The summed E-state index contributed by atoms with van der Waals surface area (Å²) in [5, 5.41) is 2.92. The van der Waals surface area contributed by atoms with Crippen LogP contribution in [0.3, 0.4) is 0 Å². The summed E-state index contributed by atoms with van der Waals surface area (Å²) in [6, 6.07) is 0.0420. The zero-order valence-corrected chi connectivity index (χ0v) is 18.2. The van der Waals surface area contributed by atoms with Gasteiger partial charge in [-0.2, -0.15) is 0 Å². The van der Waals surface area contributed by atoms with E-state index in [4.69, 9.17) is 0 Å². The lowest BCUT2D eigenvalue weighted by Crippen LogP contribution is -2.55. The number of hydrogen-bond acceptors (Lipinski definition) is 4. The molecule has 1 aliphatic heterocycles. The number of carbonyl (C=O) groups excluding carboxylic acids is 3. The molecule has 164 valence electrons. The highest BCUT2D eigenvalue weighted by Crippen LogP contribution is 2.27. The van der Waals surface area contributed by atoms with Crippen LogP contribution in [-0.2, 0) is 14.4 Å². The maximum absolute atomic E-state index is 12.7. The minimum absolute atomic E-state index is 0.0342. The summed E-state index contributed by atoms with van der Waals surface area (Å²) in [7, 11) is 1.69. The molecule has 3 aliphatic rings. The standard InChI is InChI=1S/C22H38N4O3/c1-17(22(29)24(2)16-20(27)23-19-9-10-19)25-12-14-26(15-13-25)21(28)11-8-18-6-4-3-5-7-18/h17-19H,3-16H2,1-2H3,(H,23,27). The minimum Gasteiger partial charge on any atom is -0.352 e. The molecule has 7 heteroatoms. The van der Waals surface area contributed by atoms with Gasteiger partial charge in [0.1, 0.15) is 0 Å². The monoisotopic (exact) mass is 406 g/mol. The first-order valence-corrected chi connectivity index (χ1v) is 11.5. The number of nitrogens with zero attached hydrogens (tertiary/aromatic N) is 3. The Morgan fingerprint density at radius 2 is 1.66 bits per heavy atom. The van der Waals surface area contributed by atoms with Gasteiger partial charge in [-0.1, -0.05) is 32.1 Å². The highest BCUT2D eigenvalue weighted by atomic mass is 16.2. The Morgan fingerprint density at radius 1 is 1.00 bits per heavy atom. The molecule has 1 N–H and O–H groups in total. The molecule has 0 spiro atoms. The van der Waals surface area contributed by atoms with Gasteiger partial charge in [0.15, 0.2) is 0 Å². The number of likely N-dealkylation sites (N-methyl/N-ethyl adjacent to an activating group) is 1. The van der Waals surface area contributed by atoms with Gasteiger partial charge in [-0.3, -0.25) is 19.3 Å². The molecule has 2 aliphatic carbocycles. The van der Waals surface area contributed by atoms with Crippen LogP contribution in [0, 0.1) is 5.92 Å². The summed E-state index contributed by atoms with van der Waals surface area (Å²) in [4.78, 5) is 42.8. The lowest BCUT2D eigenvalue weighted by Gasteiger charge is -2.38. The molecule has 7 nitrogen and oxygen atoms in total. The summed E-state index contributed by atoms with van der Waals surface area (Å²) in [6.45, 7) is 4.81. The Labute approximate surface area is 175 Å². The fourth-order valence-corrected chi connectivity index (χ4v) is 4.59. The van der Waals surface area contributed by atoms with Gasteiger partial charge in [-0.15, -0.1) is 0 Å². The number of piperazine rings is 1. The van der Waals surface area contributed by atoms with Gasteiger partial charge in [0.05, 0.1) is 12.6 Å². The summed E-state index contributed by atoms with van der Waals surface area (Å²) in [5.74, 6) is 0.888. The van der Waals surface area contributed by atoms with E-state index < -0.39 is 0 Å². The van der Waals surface area contributed by atoms with E-state index in [2.05, 4.69) is 10.2 Å². The second kappa shape index (κ2) is 10.4. The van der Waals surface area contributed by atoms with Crippen molar-refractivity contribution >= 4 is 17.7 Å². The Bertz CT molecular complexity index is 579. The smallest absolute Gasteiger partial charge is 0.239 e. The van der Waals surface area contributed by atoms with E-state index in [1.54, 1.807) is 7.05 Å². The molecule has 0 aromatic carbocycles. The molecule has 1 atom stereocenters. The summed E-state index contributed by atoms with van der Waals surface area (Å²) >= 11 is 0. The Kier molecular flexibility index (Phi) is 7.92. The van der Waals surface area contributed by atoms with Crippen LogP contribution in [0.5, 0.6) is 0 Å². The Hall–Kier alpha value is -1.63. The summed E-state index contributed by atoms with van der Waals surface area (Å²) < 4.78 is 0. The third-order valence-corrected chi connectivity index (χ3v) is 6.76. The van der Waals surface area contributed by atoms with Crippen LogP contribution in [0.2, 0.25) is 0 Å². The SMILES string of the molecule is CC(C(=O)N(C)CC(=O)NC1CC1)N1CCN(C(=O)CCC2CCCCC2)CC1. The molecule has 2 saturated carbocycles. The molecular formula is C22H38N4O3. The molecule has 3 fully saturated rings. The van der Waals surface area contributed by atoms with Gasteiger partial charge in [0.25, 0.3) is 0 Å². The van der Waals surface area contributed by atoms with Gasteiger partial charge in [0, 0.05) is 45.7 Å². The van der Waals surface area contributed by atoms with Crippen LogP contribution in [0.25, 0.3) is 0 Å². The normalized spacial score (nSPS) is 22.2. The third-order valence-electron chi connectivity index (χ3n) is 6.76. The number of rotatable bonds is 8. The predicted octanol–water partition coefficient (Wildman–Crippen LogP) is 1.62. The van der Waals surface area contributed by atoms with Gasteiger partial charge >= 0.3 is 0 Å². The van der Waals surface area contributed by atoms with Crippen molar-refractivity contribution in [2.75, 3.05) is 39.8 Å². The third kappa shape index (κ3) is 6.69. The van der Waals surface area contributed by atoms with Crippen LogP contribution < -0.4 is 5.32 Å². The molecule has 29 heavy (non-hydrogen) atoms. The van der Waals surface area contributed by atoms with Gasteiger partial charge in [-0.25, -0.2) is 0 Å². The van der Waals surface area contributed by atoms with E-state index in [1.807, 2.05) is 11.8 Å². The molecule has 0 aromatic rings. The van der Waals surface area contributed by atoms with E-state index in [0.717, 1.165) is 25.2 Å². The molecule has 3 amide bonds. The highest BCUT2D eigenvalue weighted by Gasteiger charge is 2.30. The Balaban J connectivity index is 1.36. The number of carbonyl (C=O) groups is 3. The molecule has 1 heterocycles. The highest BCUT2D eigenvalue weighted by molar-refractivity contribution is 5.87. The molecular weight excluding hydrogens is 368 g/mol. The van der Waals surface area contributed by atoms with Crippen molar-refractivity contribution < 1.29 is 14.4 Å². The minimum atomic E-state index is -0.270. The predicted molar refractivity (Wildman–Crippen MR) is 112 cm³/mol. The topological polar surface area (TPSA) is 73.0 Å². The van der Waals surface area contributed by atoms with Crippen LogP contribution >= 0.6 is 0 Å². The molecule has 0 bridgehead atoms. The first kappa shape index (κ1) is 22.1. The quantitative estimate of drug-likeness (QED) is 0.665. The van der Waals surface area contributed by atoms with Gasteiger partial charge in [-0.05, 0) is 32.1 Å². The second-order valence-electron chi connectivity index (χ2n) is 9.17. The first-order chi connectivity index (χ1) is 13.9. The zero-order valence-electron chi connectivity index (χ0n) is 18.2. The van der Waals surface area contributed by atoms with Crippen molar-refractivity contribution in [2.24, 2.45) is 5.92 Å². The van der Waals surface area contributed by atoms with E-state index in [-0.39, 0.29) is 30.3 Å². The first-order valence-electron chi connectivity index (χ1n) is 11.5. The van der Waals surface area contributed by atoms with Crippen LogP contribution in [-0.4, -0.2) is 84.3 Å². The average Bonchev–Trinajstić information content (AvgIpc) is 3.55. The second-order valence-corrected chi connectivity index (χ2v) is 9.17. The van der Waals surface area contributed by atoms with Crippen LogP contribution in [0.1, 0.15) is 64.7 Å². The fraction of sp³-hybridized carbons (Fsp3) is 0.864. The zero-order chi connectivity index (χ0) is 20.8. The van der Waals surface area contributed by atoms with Crippen LogP contribution in [0.15, 0.2) is 0 Å². The van der Waals surface area contributed by atoms with Crippen LogP contribution in [0.4, 0.5) is 0 Å². The number of amides is 3. The molecule has 1 saturated heterocycles. The number of nitrogens with one attached hydrogen (secondary N) is 1. The van der Waals surface area contributed by atoms with Gasteiger partial charge in [0.2, 0.25) is 17.7 Å². The maximum Gasteiger partial charge on any atom is 0.239 e. The lowest BCUT2D eigenvalue weighted by molar-refractivity contribution is -0.140. The molecule has 0 aromatic heterocycles. The van der Waals surface area contributed by atoms with E-state index in [9.17, 15) is 14.4 Å². The molecule has 0 radical (unpaired) electrons. The Morgan fingerprint density at radius 3 is 2.28 bits per heavy atom. The molecule has 3 rings (SSSR count). The fourth-order valence-electron chi connectivity index (χ4n) is 4.59. The maximum atomic E-state index is 12.7. The number of hydrogen-bond donors (Lipinski definition) is 1. The van der Waals surface area contributed by atoms with Gasteiger partial charge < -0.3 is 15.1 Å². The van der Waals surface area contributed by atoms with Crippen molar-refractivity contribution in [2.45, 2.75) is 76.8 Å². The van der Waals surface area contributed by atoms with Crippen molar-refractivity contribution in [3.05, 3.63) is 0 Å². The van der Waals surface area contributed by atoms with Crippen molar-refractivity contribution in [1.82, 2.24) is 20.0 Å². The van der Waals surface area contributed by atoms with Crippen molar-refractivity contribution in [3.63, 3.8) is 0 Å². The van der Waals surface area contributed by atoms with Crippen molar-refractivity contribution in [1.29, 1.82) is 0 Å².